The van der Waals surface area contributed by atoms with Crippen molar-refractivity contribution in [1.82, 2.24) is 21.3 Å². The van der Waals surface area contributed by atoms with E-state index in [1.807, 2.05) is 0 Å². The van der Waals surface area contributed by atoms with Gasteiger partial charge >= 0.3 is 0 Å². The first-order chi connectivity index (χ1) is 21.2. The van der Waals surface area contributed by atoms with E-state index < -0.39 is 0 Å². The molecule has 4 aliphatic rings. The average molecular weight is 629 g/mol. The molecule has 4 atom stereocenters. The molecule has 0 aromatic heterocycles. The molecular formula is C36H76N4O4. The van der Waals surface area contributed by atoms with Crippen LogP contribution in [0.15, 0.2) is 0 Å². The van der Waals surface area contributed by atoms with Crippen LogP contribution in [0.25, 0.3) is 0 Å². The van der Waals surface area contributed by atoms with E-state index in [1.54, 1.807) is 0 Å². The Bertz CT molecular complexity index is 646. The van der Waals surface area contributed by atoms with Gasteiger partial charge in [-0.05, 0) is 52.4 Å². The van der Waals surface area contributed by atoms with Gasteiger partial charge in [0, 0.05) is 52.4 Å². The zero-order chi connectivity index (χ0) is 32.6. The van der Waals surface area contributed by atoms with E-state index in [-0.39, 0.29) is 22.4 Å². The third kappa shape index (κ3) is 17.0. The van der Waals surface area contributed by atoms with E-state index in [2.05, 4.69) is 76.7 Å². The Morgan fingerprint density at radius 3 is 1.16 bits per heavy atom. The van der Waals surface area contributed by atoms with Crippen molar-refractivity contribution in [2.45, 2.75) is 155 Å². The molecule has 0 aliphatic carbocycles. The molecule has 4 fully saturated rings. The standard InChI is InChI=1S/C10H21NO.2C9H19NO.C8H17NO/c1-3-5-6-10(4-2)9-11-7-8-12-10;1-3-4-5-9(2)8-10-6-7-11-9;1-3-5-9(4-2)8-10-6-7-11-9;1-3-4-8(2)7-9-5-6-10-8/h11H,3-9H2,1-2H3;2*10H,3-8H2,1-2H3;9H,3-7H2,1-2H3. The lowest BCUT2D eigenvalue weighted by Gasteiger charge is -2.37. The largest absolute Gasteiger partial charge is 0.373 e. The fraction of sp³-hybridized carbons (Fsp3) is 1.00. The molecular weight excluding hydrogens is 552 g/mol. The van der Waals surface area contributed by atoms with E-state index in [4.69, 9.17) is 18.9 Å². The van der Waals surface area contributed by atoms with Gasteiger partial charge in [0.15, 0.2) is 0 Å². The summed E-state index contributed by atoms with van der Waals surface area (Å²) in [5.41, 5.74) is 0.558. The molecule has 0 aromatic rings. The van der Waals surface area contributed by atoms with Crippen LogP contribution in [0.5, 0.6) is 0 Å². The predicted molar refractivity (Wildman–Crippen MR) is 187 cm³/mol. The number of unbranched alkanes of at least 4 members (excludes halogenated alkanes) is 2. The summed E-state index contributed by atoms with van der Waals surface area (Å²) in [5, 5.41) is 13.5. The number of ether oxygens (including phenoxy) is 4. The van der Waals surface area contributed by atoms with Crippen molar-refractivity contribution in [3.05, 3.63) is 0 Å². The van der Waals surface area contributed by atoms with Crippen molar-refractivity contribution in [3.63, 3.8) is 0 Å². The smallest absolute Gasteiger partial charge is 0.0804 e. The molecule has 4 heterocycles. The molecule has 0 radical (unpaired) electrons. The maximum absolute atomic E-state index is 5.85. The van der Waals surface area contributed by atoms with Gasteiger partial charge in [0.05, 0.1) is 48.8 Å². The van der Waals surface area contributed by atoms with Gasteiger partial charge in [-0.2, -0.15) is 0 Å². The highest BCUT2D eigenvalue weighted by Gasteiger charge is 2.31. The predicted octanol–water partition coefficient (Wildman–Crippen LogP) is 6.22. The highest BCUT2D eigenvalue weighted by Crippen LogP contribution is 2.25. The van der Waals surface area contributed by atoms with Crippen LogP contribution in [0.3, 0.4) is 0 Å². The molecule has 4 saturated heterocycles. The summed E-state index contributed by atoms with van der Waals surface area (Å²) in [4.78, 5) is 0. The van der Waals surface area contributed by atoms with Gasteiger partial charge in [0.25, 0.3) is 0 Å². The van der Waals surface area contributed by atoms with Crippen LogP contribution in [0.2, 0.25) is 0 Å². The number of morpholine rings is 4. The molecule has 8 nitrogen and oxygen atoms in total. The lowest BCUT2D eigenvalue weighted by atomic mass is 9.92. The summed E-state index contributed by atoms with van der Waals surface area (Å²) in [6.45, 7) is 29.4. The molecule has 0 bridgehead atoms. The minimum Gasteiger partial charge on any atom is -0.373 e. The maximum atomic E-state index is 5.85. The van der Waals surface area contributed by atoms with Gasteiger partial charge in [-0.15, -0.1) is 0 Å². The van der Waals surface area contributed by atoms with Gasteiger partial charge < -0.3 is 40.2 Å². The molecule has 4 aliphatic heterocycles. The van der Waals surface area contributed by atoms with Gasteiger partial charge in [0.1, 0.15) is 0 Å². The summed E-state index contributed by atoms with van der Waals surface area (Å²) < 4.78 is 23.0. The Morgan fingerprint density at radius 1 is 0.432 bits per heavy atom. The lowest BCUT2D eigenvalue weighted by molar-refractivity contribution is -0.0746. The topological polar surface area (TPSA) is 85.0 Å². The second-order valence-corrected chi connectivity index (χ2v) is 13.8. The number of hydrogen-bond acceptors (Lipinski definition) is 8. The van der Waals surface area contributed by atoms with Crippen LogP contribution in [-0.4, -0.2) is 101 Å². The van der Waals surface area contributed by atoms with Gasteiger partial charge in [-0.1, -0.05) is 80.1 Å². The van der Waals surface area contributed by atoms with Crippen LogP contribution in [0, 0.1) is 0 Å². The third-order valence-electron chi connectivity index (χ3n) is 9.54. The average Bonchev–Trinajstić information content (AvgIpc) is 3.05. The fourth-order valence-electron chi connectivity index (χ4n) is 6.44. The lowest BCUT2D eigenvalue weighted by Crippen LogP contribution is -2.49. The molecule has 4 N–H and O–H groups in total. The molecule has 264 valence electrons. The minimum absolute atomic E-state index is 0.118. The Kier molecular flexibility index (Phi) is 22.7. The first kappa shape index (κ1) is 41.7. The van der Waals surface area contributed by atoms with Crippen molar-refractivity contribution in [3.8, 4) is 0 Å². The normalized spacial score (nSPS) is 32.2. The quantitative estimate of drug-likeness (QED) is 0.203. The van der Waals surface area contributed by atoms with E-state index in [1.165, 1.54) is 64.2 Å². The van der Waals surface area contributed by atoms with Crippen LogP contribution < -0.4 is 21.3 Å². The van der Waals surface area contributed by atoms with E-state index >= 15 is 0 Å². The van der Waals surface area contributed by atoms with Gasteiger partial charge in [0.2, 0.25) is 0 Å². The van der Waals surface area contributed by atoms with E-state index in [0.29, 0.717) is 0 Å². The number of hydrogen-bond donors (Lipinski definition) is 4. The Hall–Kier alpha value is -0.320. The van der Waals surface area contributed by atoms with Crippen LogP contribution in [-0.2, 0) is 18.9 Å². The van der Waals surface area contributed by atoms with Gasteiger partial charge in [-0.3, -0.25) is 0 Å². The Balaban J connectivity index is 0.000000294. The zero-order valence-electron chi connectivity index (χ0n) is 30.6. The third-order valence-corrected chi connectivity index (χ3v) is 9.54. The van der Waals surface area contributed by atoms with Crippen molar-refractivity contribution in [1.29, 1.82) is 0 Å². The first-order valence-electron chi connectivity index (χ1n) is 18.6. The number of rotatable bonds is 12. The van der Waals surface area contributed by atoms with Crippen LogP contribution >= 0.6 is 0 Å². The fourth-order valence-corrected chi connectivity index (χ4v) is 6.44. The summed E-state index contributed by atoms with van der Waals surface area (Å²) >= 11 is 0. The summed E-state index contributed by atoms with van der Waals surface area (Å²) in [6, 6.07) is 0. The van der Waals surface area contributed by atoms with E-state index in [0.717, 1.165) is 91.6 Å². The number of nitrogens with one attached hydrogen (secondary N) is 4. The maximum Gasteiger partial charge on any atom is 0.0804 e. The van der Waals surface area contributed by atoms with Crippen molar-refractivity contribution in [2.75, 3.05) is 78.8 Å². The zero-order valence-corrected chi connectivity index (χ0v) is 30.6. The van der Waals surface area contributed by atoms with Crippen molar-refractivity contribution >= 4 is 0 Å². The Morgan fingerprint density at radius 2 is 0.818 bits per heavy atom. The monoisotopic (exact) mass is 629 g/mol. The van der Waals surface area contributed by atoms with Crippen molar-refractivity contribution in [2.24, 2.45) is 0 Å². The molecule has 0 spiro atoms. The second kappa shape index (κ2) is 23.9. The molecule has 0 aromatic carbocycles. The SMILES string of the molecule is CCCC1(C)CNCCO1.CCCC1(CC)CNCCO1.CCCCC1(C)CNCCO1.CCCCC1(CC)CNCCO1. The van der Waals surface area contributed by atoms with Gasteiger partial charge in [-0.25, -0.2) is 0 Å². The second-order valence-electron chi connectivity index (χ2n) is 13.8. The molecule has 8 heteroatoms. The highest BCUT2D eigenvalue weighted by atomic mass is 16.5. The van der Waals surface area contributed by atoms with Crippen LogP contribution in [0.1, 0.15) is 132 Å². The molecule has 0 amide bonds. The first-order valence-corrected chi connectivity index (χ1v) is 18.6. The molecule has 4 unspecified atom stereocenters. The summed E-state index contributed by atoms with van der Waals surface area (Å²) in [5.74, 6) is 0. The van der Waals surface area contributed by atoms with Crippen molar-refractivity contribution < 1.29 is 18.9 Å². The summed E-state index contributed by atoms with van der Waals surface area (Å²) in [6.07, 6.45) is 14.6. The minimum atomic E-state index is 0.118. The molecule has 44 heavy (non-hydrogen) atoms. The molecule has 4 rings (SSSR count). The highest BCUT2D eigenvalue weighted by molar-refractivity contribution is 4.86. The Labute approximate surface area is 273 Å². The summed E-state index contributed by atoms with van der Waals surface area (Å²) in [7, 11) is 0. The van der Waals surface area contributed by atoms with Crippen LogP contribution in [0.4, 0.5) is 0 Å². The van der Waals surface area contributed by atoms with E-state index in [9.17, 15) is 0 Å². The molecule has 0 saturated carbocycles.